The van der Waals surface area contributed by atoms with Gasteiger partial charge in [0.1, 0.15) is 6.04 Å². The number of benzene rings is 1. The van der Waals surface area contributed by atoms with Crippen LogP contribution < -0.4 is 0 Å². The van der Waals surface area contributed by atoms with Gasteiger partial charge in [-0.2, -0.15) is 0 Å². The van der Waals surface area contributed by atoms with Crippen LogP contribution in [0, 0.1) is 34.6 Å². The molecule has 0 unspecified atom stereocenters. The highest BCUT2D eigenvalue weighted by Gasteiger charge is 2.46. The summed E-state index contributed by atoms with van der Waals surface area (Å²) < 4.78 is 2.46. The van der Waals surface area contributed by atoms with Crippen molar-refractivity contribution in [2.75, 3.05) is 5.75 Å². The molecule has 0 aliphatic carbocycles. The van der Waals surface area contributed by atoms with Crippen LogP contribution in [-0.2, 0) is 0 Å². The Kier molecular flexibility index (Phi) is 5.40. The standard InChI is InChI=1S/C27H32N4S/c1-7-21-15-32-27-29-24(23-10-8-9-11-28-23)26(31(21)27)22-14-19(5)30(20(22)6)25-17(3)12-16(2)13-18(25)4/h8-14,21,24,26H,7,15H2,1-6H3/t21-,24-,26-/m1/s1. The van der Waals surface area contributed by atoms with Gasteiger partial charge in [0.15, 0.2) is 5.17 Å². The highest BCUT2D eigenvalue weighted by atomic mass is 32.2. The Balaban J connectivity index is 1.67. The summed E-state index contributed by atoms with van der Waals surface area (Å²) >= 11 is 1.90. The first-order valence-electron chi connectivity index (χ1n) is 11.6. The zero-order valence-corrected chi connectivity index (χ0v) is 20.7. The minimum Gasteiger partial charge on any atom is -0.338 e. The molecule has 166 valence electrons. The number of fused-ring (bicyclic) bond motifs is 1. The minimum absolute atomic E-state index is 0.0298. The second kappa shape index (κ2) is 8.11. The van der Waals surface area contributed by atoms with E-state index in [0.29, 0.717) is 6.04 Å². The number of aryl methyl sites for hydroxylation is 4. The van der Waals surface area contributed by atoms with Crippen molar-refractivity contribution in [1.82, 2.24) is 14.5 Å². The summed E-state index contributed by atoms with van der Waals surface area (Å²) in [4.78, 5) is 12.5. The molecule has 0 bridgehead atoms. The van der Waals surface area contributed by atoms with Gasteiger partial charge in [-0.15, -0.1) is 0 Å². The molecule has 1 saturated heterocycles. The van der Waals surface area contributed by atoms with Crippen molar-refractivity contribution in [3.05, 3.63) is 81.9 Å². The van der Waals surface area contributed by atoms with Gasteiger partial charge in [-0.3, -0.25) is 9.98 Å². The summed E-state index contributed by atoms with van der Waals surface area (Å²) in [5.74, 6) is 1.12. The van der Waals surface area contributed by atoms with Gasteiger partial charge in [-0.05, 0) is 75.9 Å². The smallest absolute Gasteiger partial charge is 0.160 e. The number of amidine groups is 1. The molecule has 1 fully saturated rings. The molecule has 32 heavy (non-hydrogen) atoms. The maximum Gasteiger partial charge on any atom is 0.160 e. The average molecular weight is 445 g/mol. The maximum atomic E-state index is 5.21. The van der Waals surface area contributed by atoms with Crippen molar-refractivity contribution in [3.8, 4) is 5.69 Å². The summed E-state index contributed by atoms with van der Waals surface area (Å²) in [6, 6.07) is 13.9. The number of pyridine rings is 1. The third-order valence-corrected chi connectivity index (χ3v) is 8.10. The Morgan fingerprint density at radius 2 is 1.78 bits per heavy atom. The van der Waals surface area contributed by atoms with E-state index in [-0.39, 0.29) is 12.1 Å². The number of thioether (sulfide) groups is 1. The number of rotatable bonds is 4. The van der Waals surface area contributed by atoms with Gasteiger partial charge >= 0.3 is 0 Å². The highest BCUT2D eigenvalue weighted by molar-refractivity contribution is 8.14. The predicted molar refractivity (Wildman–Crippen MR) is 135 cm³/mol. The second-order valence-corrected chi connectivity index (χ2v) is 10.2. The van der Waals surface area contributed by atoms with Crippen molar-refractivity contribution in [1.29, 1.82) is 0 Å². The molecular formula is C27H32N4S. The van der Waals surface area contributed by atoms with E-state index in [1.165, 1.54) is 44.5 Å². The zero-order valence-electron chi connectivity index (χ0n) is 19.9. The van der Waals surface area contributed by atoms with E-state index in [9.17, 15) is 0 Å². The monoisotopic (exact) mass is 444 g/mol. The first kappa shape index (κ1) is 21.3. The molecule has 3 aromatic rings. The minimum atomic E-state index is 0.0298. The first-order valence-corrected chi connectivity index (χ1v) is 12.6. The van der Waals surface area contributed by atoms with E-state index < -0.39 is 0 Å². The molecule has 0 saturated carbocycles. The lowest BCUT2D eigenvalue weighted by atomic mass is 9.95. The molecule has 2 aliphatic rings. The summed E-state index contributed by atoms with van der Waals surface area (Å²) in [5, 5.41) is 1.19. The van der Waals surface area contributed by atoms with Crippen LogP contribution in [0.3, 0.4) is 0 Å². The topological polar surface area (TPSA) is 33.4 Å². The van der Waals surface area contributed by atoms with E-state index in [1.807, 2.05) is 24.0 Å². The molecule has 5 rings (SSSR count). The molecule has 4 nitrogen and oxygen atoms in total. The van der Waals surface area contributed by atoms with Gasteiger partial charge in [0, 0.05) is 29.4 Å². The lowest BCUT2D eigenvalue weighted by Gasteiger charge is -2.32. The van der Waals surface area contributed by atoms with E-state index in [2.05, 4.69) is 81.3 Å². The number of hydrogen-bond donors (Lipinski definition) is 0. The largest absolute Gasteiger partial charge is 0.338 e. The molecule has 2 aliphatic heterocycles. The Morgan fingerprint density at radius 1 is 1.03 bits per heavy atom. The molecular weight excluding hydrogens is 412 g/mol. The van der Waals surface area contributed by atoms with Crippen LogP contribution in [0.25, 0.3) is 5.69 Å². The lowest BCUT2D eigenvalue weighted by Crippen LogP contribution is -2.35. The Hall–Kier alpha value is -2.53. The van der Waals surface area contributed by atoms with Gasteiger partial charge in [0.25, 0.3) is 0 Å². The van der Waals surface area contributed by atoms with Crippen molar-refractivity contribution in [3.63, 3.8) is 0 Å². The molecule has 4 heterocycles. The quantitative estimate of drug-likeness (QED) is 0.467. The normalized spacial score (nSPS) is 22.4. The summed E-state index contributed by atoms with van der Waals surface area (Å²) in [6.07, 6.45) is 3.02. The molecule has 0 spiro atoms. The number of hydrogen-bond acceptors (Lipinski definition) is 4. The van der Waals surface area contributed by atoms with E-state index in [1.54, 1.807) is 0 Å². The third-order valence-electron chi connectivity index (χ3n) is 6.98. The zero-order chi connectivity index (χ0) is 22.6. The Morgan fingerprint density at radius 3 is 2.44 bits per heavy atom. The van der Waals surface area contributed by atoms with Gasteiger partial charge in [0.05, 0.1) is 17.4 Å². The fourth-order valence-corrected chi connectivity index (χ4v) is 6.98. The Labute approximate surface area is 195 Å². The molecule has 1 aromatic carbocycles. The van der Waals surface area contributed by atoms with Crippen LogP contribution in [-0.4, -0.2) is 31.4 Å². The van der Waals surface area contributed by atoms with Gasteiger partial charge in [-0.1, -0.05) is 42.4 Å². The van der Waals surface area contributed by atoms with Crippen molar-refractivity contribution >= 4 is 16.9 Å². The van der Waals surface area contributed by atoms with Crippen LogP contribution in [0.1, 0.15) is 64.8 Å². The van der Waals surface area contributed by atoms with Crippen molar-refractivity contribution < 1.29 is 0 Å². The Bertz CT molecular complexity index is 1170. The van der Waals surface area contributed by atoms with E-state index in [4.69, 9.17) is 9.98 Å². The van der Waals surface area contributed by atoms with Crippen LogP contribution in [0.5, 0.6) is 0 Å². The van der Waals surface area contributed by atoms with Crippen molar-refractivity contribution in [2.24, 2.45) is 4.99 Å². The molecule has 2 aromatic heterocycles. The lowest BCUT2D eigenvalue weighted by molar-refractivity contribution is 0.254. The van der Waals surface area contributed by atoms with Gasteiger partial charge < -0.3 is 9.47 Å². The predicted octanol–water partition coefficient (Wildman–Crippen LogP) is 6.39. The molecule has 0 amide bonds. The number of aromatic nitrogens is 2. The molecule has 3 atom stereocenters. The van der Waals surface area contributed by atoms with E-state index in [0.717, 1.165) is 17.9 Å². The van der Waals surface area contributed by atoms with E-state index >= 15 is 0 Å². The fraction of sp³-hybridized carbons (Fsp3) is 0.407. The van der Waals surface area contributed by atoms with Crippen LogP contribution in [0.4, 0.5) is 0 Å². The van der Waals surface area contributed by atoms with Gasteiger partial charge in [0.2, 0.25) is 0 Å². The third kappa shape index (κ3) is 3.29. The fourth-order valence-electron chi connectivity index (χ4n) is 5.64. The summed E-state index contributed by atoms with van der Waals surface area (Å²) in [6.45, 7) is 13.4. The summed E-state index contributed by atoms with van der Waals surface area (Å²) in [7, 11) is 0. The number of aliphatic imine (C=N–C) groups is 1. The van der Waals surface area contributed by atoms with Crippen LogP contribution in [0.15, 0.2) is 47.6 Å². The van der Waals surface area contributed by atoms with Gasteiger partial charge in [-0.25, -0.2) is 0 Å². The highest BCUT2D eigenvalue weighted by Crippen LogP contribution is 2.50. The van der Waals surface area contributed by atoms with Crippen LogP contribution in [0.2, 0.25) is 0 Å². The summed E-state index contributed by atoms with van der Waals surface area (Å²) in [5.41, 5.74) is 10.3. The molecule has 0 radical (unpaired) electrons. The number of nitrogens with zero attached hydrogens (tertiary/aromatic N) is 4. The molecule has 0 N–H and O–H groups in total. The molecule has 5 heteroatoms. The maximum absolute atomic E-state index is 5.21. The second-order valence-electron chi connectivity index (χ2n) is 9.25. The average Bonchev–Trinajstić information content (AvgIpc) is 3.41. The van der Waals surface area contributed by atoms with Crippen LogP contribution >= 0.6 is 11.8 Å². The van der Waals surface area contributed by atoms with Crippen molar-refractivity contribution in [2.45, 2.75) is 66.1 Å². The first-order chi connectivity index (χ1) is 15.4. The SMILES string of the molecule is CC[C@@H]1CSC2=N[C@H](c3ccccn3)[C@@H](c3cc(C)n(-c4c(C)cc(C)cc4C)c3C)N21.